The normalized spacial score (nSPS) is 20.4. The van der Waals surface area contributed by atoms with Gasteiger partial charge in [-0.05, 0) is 42.0 Å². The zero-order chi connectivity index (χ0) is 36.8. The SMILES string of the molecule is NC(N)=NCCC[C@@H]1NC(=O)CNC(=O)[C@H](Cc2ccc3ccccc3c2)NC(=O)[C@H](CCCN=C(N)N)NC(=O)[C@@H](Cc2cnc[nH]2)NC1=O. The van der Waals surface area contributed by atoms with Gasteiger partial charge in [0.05, 0.1) is 12.9 Å². The fourth-order valence-electron chi connectivity index (χ4n) is 5.53. The van der Waals surface area contributed by atoms with Gasteiger partial charge in [0.1, 0.15) is 24.2 Å². The number of aliphatic imine (C=N–C) groups is 2. The molecule has 0 aliphatic carbocycles. The Kier molecular flexibility index (Phi) is 13.7. The number of guanidine groups is 2. The molecule has 4 atom stereocenters. The number of nitrogens with two attached hydrogens (primary N) is 4. The molecule has 2 aromatic carbocycles. The van der Waals surface area contributed by atoms with Crippen LogP contribution in [0.3, 0.4) is 0 Å². The number of H-pyrrole nitrogens is 1. The van der Waals surface area contributed by atoms with E-state index in [2.05, 4.69) is 46.5 Å². The lowest BCUT2D eigenvalue weighted by atomic mass is 10.0. The molecule has 0 radical (unpaired) electrons. The fraction of sp³-hybridized carbons (Fsp3) is 0.394. The molecule has 3 aromatic rings. The van der Waals surface area contributed by atoms with Gasteiger partial charge in [0.2, 0.25) is 29.5 Å². The Morgan fingerprint density at radius 2 is 1.25 bits per heavy atom. The molecule has 0 unspecified atom stereocenters. The van der Waals surface area contributed by atoms with Crippen LogP contribution in [0.5, 0.6) is 0 Å². The zero-order valence-electron chi connectivity index (χ0n) is 28.1. The Bertz CT molecular complexity index is 1740. The molecule has 1 aliphatic heterocycles. The quantitative estimate of drug-likeness (QED) is 0.0538. The molecule has 0 saturated carbocycles. The Morgan fingerprint density at radius 1 is 0.686 bits per heavy atom. The molecule has 18 heteroatoms. The van der Waals surface area contributed by atoms with Crippen LogP contribution in [0.2, 0.25) is 0 Å². The van der Waals surface area contributed by atoms with Gasteiger partial charge in [-0.2, -0.15) is 0 Å². The molecular weight excluding hydrogens is 658 g/mol. The van der Waals surface area contributed by atoms with Crippen LogP contribution in [-0.4, -0.2) is 95.2 Å². The van der Waals surface area contributed by atoms with Crippen molar-refractivity contribution in [3.63, 3.8) is 0 Å². The molecule has 0 bridgehead atoms. The zero-order valence-corrected chi connectivity index (χ0v) is 28.1. The molecule has 4 rings (SSSR count). The van der Waals surface area contributed by atoms with Crippen LogP contribution in [0.1, 0.15) is 36.9 Å². The van der Waals surface area contributed by atoms with Crippen molar-refractivity contribution in [2.45, 2.75) is 62.7 Å². The van der Waals surface area contributed by atoms with Crippen molar-refractivity contribution in [1.82, 2.24) is 36.6 Å². The van der Waals surface area contributed by atoms with Crippen molar-refractivity contribution in [1.29, 1.82) is 0 Å². The van der Waals surface area contributed by atoms with E-state index >= 15 is 0 Å². The average Bonchev–Trinajstić information content (AvgIpc) is 3.61. The minimum atomic E-state index is -1.19. The topological polar surface area (TPSA) is 303 Å². The third kappa shape index (κ3) is 12.0. The third-order valence-electron chi connectivity index (χ3n) is 8.10. The van der Waals surface area contributed by atoms with Gasteiger partial charge in [0.15, 0.2) is 11.9 Å². The van der Waals surface area contributed by atoms with Crippen LogP contribution >= 0.6 is 0 Å². The lowest BCUT2D eigenvalue weighted by molar-refractivity contribution is -0.134. The van der Waals surface area contributed by atoms with Crippen molar-refractivity contribution >= 4 is 52.2 Å². The standard InChI is InChI=1S/C33H45N13O5/c34-32(35)39-11-3-7-23-29(49)46-26(15-22-16-38-18-42-22)31(51)44-24(8-4-12-40-33(36)37)30(50)45-25(28(48)41-17-27(47)43-23)14-19-9-10-20-5-1-2-6-21(20)13-19/h1-2,5-6,9-10,13,16,18,23-26H,3-4,7-8,11-12,14-15,17H2,(H,38,42)(H,41,48)(H,43,47)(H,44,51)(H,45,50)(H,46,49)(H4,34,35,39)(H4,36,37,40)/t23-,24-,25-,26+/m0/s1. The molecule has 14 N–H and O–H groups in total. The lowest BCUT2D eigenvalue weighted by Crippen LogP contribution is -2.58. The van der Waals surface area contributed by atoms with Crippen molar-refractivity contribution in [3.8, 4) is 0 Å². The summed E-state index contributed by atoms with van der Waals surface area (Å²) in [6.45, 7) is -0.132. The first kappa shape index (κ1) is 37.6. The largest absolute Gasteiger partial charge is 0.370 e. The van der Waals surface area contributed by atoms with Crippen molar-refractivity contribution in [2.75, 3.05) is 19.6 Å². The number of hydrogen-bond acceptors (Lipinski definition) is 8. The van der Waals surface area contributed by atoms with Gasteiger partial charge in [-0.15, -0.1) is 0 Å². The Balaban J connectivity index is 1.66. The second kappa shape index (κ2) is 18.5. The summed E-state index contributed by atoms with van der Waals surface area (Å²) in [6, 6.07) is 8.78. The van der Waals surface area contributed by atoms with Crippen molar-refractivity contribution in [3.05, 3.63) is 66.2 Å². The Labute approximate surface area is 294 Å². The predicted octanol–water partition coefficient (Wildman–Crippen LogP) is -2.48. The maximum Gasteiger partial charge on any atom is 0.243 e. The minimum Gasteiger partial charge on any atom is -0.370 e. The Hall–Kier alpha value is -6.20. The minimum absolute atomic E-state index is 0.0147. The number of carbonyl (C=O) groups is 5. The first-order valence-electron chi connectivity index (χ1n) is 16.5. The highest BCUT2D eigenvalue weighted by Crippen LogP contribution is 2.17. The van der Waals surface area contributed by atoms with E-state index in [1.54, 1.807) is 0 Å². The number of fused-ring (bicyclic) bond motifs is 1. The number of aromatic amines is 1. The maximum atomic E-state index is 13.9. The number of nitrogens with zero attached hydrogens (tertiary/aromatic N) is 3. The lowest BCUT2D eigenvalue weighted by Gasteiger charge is -2.26. The Morgan fingerprint density at radius 3 is 1.86 bits per heavy atom. The molecule has 1 saturated heterocycles. The summed E-state index contributed by atoms with van der Waals surface area (Å²) < 4.78 is 0. The second-order valence-corrected chi connectivity index (χ2v) is 12.1. The number of amides is 5. The monoisotopic (exact) mass is 703 g/mol. The number of rotatable bonds is 12. The van der Waals surface area contributed by atoms with Gasteiger partial charge in [-0.25, -0.2) is 4.98 Å². The summed E-state index contributed by atoms with van der Waals surface area (Å²) in [6.07, 6.45) is 3.80. The van der Waals surface area contributed by atoms with E-state index in [0.29, 0.717) is 18.5 Å². The molecule has 18 nitrogen and oxygen atoms in total. The van der Waals surface area contributed by atoms with Crippen LogP contribution in [0, 0.1) is 0 Å². The van der Waals surface area contributed by atoms with Gasteiger partial charge in [0, 0.05) is 37.8 Å². The smallest absolute Gasteiger partial charge is 0.243 e. The maximum absolute atomic E-state index is 13.9. The summed E-state index contributed by atoms with van der Waals surface area (Å²) in [4.78, 5) is 82.9. The van der Waals surface area contributed by atoms with Crippen molar-refractivity contribution in [2.24, 2.45) is 32.9 Å². The van der Waals surface area contributed by atoms with Crippen LogP contribution in [0.4, 0.5) is 0 Å². The van der Waals surface area contributed by atoms with E-state index in [-0.39, 0.29) is 50.7 Å². The third-order valence-corrected chi connectivity index (χ3v) is 8.10. The first-order valence-corrected chi connectivity index (χ1v) is 16.5. The molecule has 1 aliphatic rings. The summed E-state index contributed by atoms with van der Waals surface area (Å²) in [5.41, 5.74) is 23.1. The first-order chi connectivity index (χ1) is 24.5. The van der Waals surface area contributed by atoms with E-state index in [0.717, 1.165) is 16.3 Å². The van der Waals surface area contributed by atoms with Gasteiger partial charge < -0.3 is 54.5 Å². The number of hydrogen-bond donors (Lipinski definition) is 10. The summed E-state index contributed by atoms with van der Waals surface area (Å²) >= 11 is 0. The van der Waals surface area contributed by atoms with E-state index in [1.165, 1.54) is 12.5 Å². The van der Waals surface area contributed by atoms with Gasteiger partial charge in [0.25, 0.3) is 0 Å². The average molecular weight is 704 g/mol. The van der Waals surface area contributed by atoms with E-state index in [1.807, 2.05) is 42.5 Å². The van der Waals surface area contributed by atoms with Crippen LogP contribution in [0.15, 0.2) is 65.0 Å². The van der Waals surface area contributed by atoms with Gasteiger partial charge in [-0.3, -0.25) is 34.0 Å². The number of nitrogens with one attached hydrogen (secondary N) is 6. The number of aromatic nitrogens is 2. The molecule has 51 heavy (non-hydrogen) atoms. The van der Waals surface area contributed by atoms with E-state index in [9.17, 15) is 24.0 Å². The summed E-state index contributed by atoms with van der Waals surface area (Å²) in [5, 5.41) is 15.4. The van der Waals surface area contributed by atoms with Crippen LogP contribution in [-0.2, 0) is 36.8 Å². The predicted molar refractivity (Wildman–Crippen MR) is 190 cm³/mol. The molecule has 0 spiro atoms. The number of benzene rings is 2. The molecule has 1 aromatic heterocycles. The molecule has 1 fully saturated rings. The van der Waals surface area contributed by atoms with E-state index in [4.69, 9.17) is 22.9 Å². The van der Waals surface area contributed by atoms with Crippen LogP contribution in [0.25, 0.3) is 10.8 Å². The second-order valence-electron chi connectivity index (χ2n) is 12.1. The van der Waals surface area contributed by atoms with Gasteiger partial charge in [-0.1, -0.05) is 42.5 Å². The molecular formula is C33H45N13O5. The highest BCUT2D eigenvalue weighted by molar-refractivity contribution is 5.97. The molecule has 5 amide bonds. The number of imidazole rings is 1. The van der Waals surface area contributed by atoms with Gasteiger partial charge >= 0.3 is 0 Å². The van der Waals surface area contributed by atoms with Crippen molar-refractivity contribution < 1.29 is 24.0 Å². The molecule has 272 valence electrons. The molecule has 2 heterocycles. The summed E-state index contributed by atoms with van der Waals surface area (Å²) in [7, 11) is 0. The van der Waals surface area contributed by atoms with E-state index < -0.39 is 60.2 Å². The highest BCUT2D eigenvalue weighted by atomic mass is 16.2. The fourth-order valence-corrected chi connectivity index (χ4v) is 5.53. The van der Waals surface area contributed by atoms with Crippen LogP contribution < -0.4 is 49.5 Å². The highest BCUT2D eigenvalue weighted by Gasteiger charge is 2.32. The number of carbonyl (C=O) groups excluding carboxylic acids is 5. The summed E-state index contributed by atoms with van der Waals surface area (Å²) in [5.74, 6) is -3.57.